The van der Waals surface area contributed by atoms with Crippen molar-refractivity contribution in [3.8, 4) is 5.75 Å². The Balaban J connectivity index is 1.90. The van der Waals surface area contributed by atoms with E-state index in [-0.39, 0.29) is 24.5 Å². The summed E-state index contributed by atoms with van der Waals surface area (Å²) >= 11 is 0. The van der Waals surface area contributed by atoms with Gasteiger partial charge in [-0.25, -0.2) is 4.39 Å². The van der Waals surface area contributed by atoms with E-state index in [2.05, 4.69) is 5.32 Å². The Kier molecular flexibility index (Phi) is 5.48. The van der Waals surface area contributed by atoms with Crippen LogP contribution >= 0.6 is 0 Å². The van der Waals surface area contributed by atoms with E-state index in [1.54, 1.807) is 6.07 Å². The molecule has 0 spiro atoms. The molecule has 0 aliphatic carbocycles. The van der Waals surface area contributed by atoms with E-state index in [9.17, 15) is 19.6 Å². The van der Waals surface area contributed by atoms with Crippen molar-refractivity contribution < 1.29 is 19.2 Å². The lowest BCUT2D eigenvalue weighted by Crippen LogP contribution is -2.26. The Morgan fingerprint density at radius 2 is 2.13 bits per heavy atom. The number of anilines is 1. The number of aryl methyl sites for hydroxylation is 1. The Morgan fingerprint density at radius 1 is 1.35 bits per heavy atom. The molecule has 2 rings (SSSR count). The van der Waals surface area contributed by atoms with Gasteiger partial charge in [0.15, 0.2) is 0 Å². The van der Waals surface area contributed by atoms with E-state index in [0.29, 0.717) is 5.75 Å². The number of nitrogens with zero attached hydrogens (tertiary/aromatic N) is 1. The summed E-state index contributed by atoms with van der Waals surface area (Å²) in [6.07, 6.45) is -0.904. The summed E-state index contributed by atoms with van der Waals surface area (Å²) in [4.78, 5) is 10.3. The maximum Gasteiger partial charge on any atom is 0.292 e. The minimum atomic E-state index is -0.904. The zero-order valence-electron chi connectivity index (χ0n) is 12.5. The van der Waals surface area contributed by atoms with E-state index in [4.69, 9.17) is 4.74 Å². The molecule has 0 aliphatic rings. The molecule has 6 nitrogen and oxygen atoms in total. The third-order valence-corrected chi connectivity index (χ3v) is 3.12. The van der Waals surface area contributed by atoms with Crippen LogP contribution in [-0.4, -0.2) is 29.3 Å². The van der Waals surface area contributed by atoms with Gasteiger partial charge in [-0.1, -0.05) is 12.1 Å². The molecule has 122 valence electrons. The molecule has 2 N–H and O–H groups in total. The number of ether oxygens (including phenoxy) is 1. The molecular formula is C16H17FN2O4. The van der Waals surface area contributed by atoms with Crippen molar-refractivity contribution in [2.24, 2.45) is 0 Å². The molecule has 23 heavy (non-hydrogen) atoms. The molecule has 0 saturated heterocycles. The predicted octanol–water partition coefficient (Wildman–Crippen LogP) is 2.89. The Morgan fingerprint density at radius 3 is 2.83 bits per heavy atom. The van der Waals surface area contributed by atoms with Crippen molar-refractivity contribution in [1.29, 1.82) is 0 Å². The SMILES string of the molecule is Cc1cccc(OCC(O)CNc2cc(F)ccc2[N+](=O)[O-])c1. The van der Waals surface area contributed by atoms with Crippen molar-refractivity contribution in [1.82, 2.24) is 0 Å². The molecule has 0 radical (unpaired) electrons. The number of aliphatic hydroxyl groups is 1. The maximum absolute atomic E-state index is 13.2. The molecule has 1 atom stereocenters. The molecule has 0 fully saturated rings. The number of nitro groups is 1. The molecular weight excluding hydrogens is 303 g/mol. The first-order chi connectivity index (χ1) is 11.0. The molecule has 1 unspecified atom stereocenters. The maximum atomic E-state index is 13.2. The lowest BCUT2D eigenvalue weighted by Gasteiger charge is -2.14. The Bertz CT molecular complexity index is 694. The molecule has 7 heteroatoms. The average molecular weight is 320 g/mol. The number of rotatable bonds is 7. The lowest BCUT2D eigenvalue weighted by atomic mass is 10.2. The van der Waals surface area contributed by atoms with E-state index in [0.717, 1.165) is 23.8 Å². The number of nitrogens with one attached hydrogen (secondary N) is 1. The first kappa shape index (κ1) is 16.7. The summed E-state index contributed by atoms with van der Waals surface area (Å²) in [6.45, 7) is 1.93. The third kappa shape index (κ3) is 4.93. The average Bonchev–Trinajstić information content (AvgIpc) is 2.50. The molecule has 0 aliphatic heterocycles. The van der Waals surface area contributed by atoms with Gasteiger partial charge < -0.3 is 15.2 Å². The van der Waals surface area contributed by atoms with E-state index < -0.39 is 16.8 Å². The van der Waals surface area contributed by atoms with Crippen LogP contribution < -0.4 is 10.1 Å². The van der Waals surface area contributed by atoms with Crippen LogP contribution in [0.2, 0.25) is 0 Å². The minimum Gasteiger partial charge on any atom is -0.491 e. The van der Waals surface area contributed by atoms with E-state index in [1.807, 2.05) is 25.1 Å². The lowest BCUT2D eigenvalue weighted by molar-refractivity contribution is -0.384. The van der Waals surface area contributed by atoms with Crippen LogP contribution in [0.4, 0.5) is 15.8 Å². The summed E-state index contributed by atoms with van der Waals surface area (Å²) < 4.78 is 18.6. The van der Waals surface area contributed by atoms with Crippen molar-refractivity contribution in [2.75, 3.05) is 18.5 Å². The molecule has 0 aromatic heterocycles. The normalized spacial score (nSPS) is 11.8. The van der Waals surface area contributed by atoms with Crippen LogP contribution in [-0.2, 0) is 0 Å². The fraction of sp³-hybridized carbons (Fsp3) is 0.250. The van der Waals surface area contributed by atoms with Gasteiger partial charge in [0.1, 0.15) is 30.0 Å². The Labute approximate surface area is 132 Å². The smallest absolute Gasteiger partial charge is 0.292 e. The molecule has 0 heterocycles. The van der Waals surface area contributed by atoms with Crippen molar-refractivity contribution in [3.05, 3.63) is 64.0 Å². The van der Waals surface area contributed by atoms with Gasteiger partial charge in [-0.05, 0) is 30.7 Å². The number of aliphatic hydroxyl groups excluding tert-OH is 1. The fourth-order valence-electron chi connectivity index (χ4n) is 1.99. The van der Waals surface area contributed by atoms with Crippen LogP contribution in [0, 0.1) is 22.9 Å². The summed E-state index contributed by atoms with van der Waals surface area (Å²) in [5, 5.41) is 23.4. The topological polar surface area (TPSA) is 84.6 Å². The molecule has 0 bridgehead atoms. The largest absolute Gasteiger partial charge is 0.491 e. The van der Waals surface area contributed by atoms with Gasteiger partial charge in [0, 0.05) is 18.7 Å². The molecule has 2 aromatic carbocycles. The highest BCUT2D eigenvalue weighted by molar-refractivity contribution is 5.61. The number of hydrogen-bond acceptors (Lipinski definition) is 5. The molecule has 0 saturated carbocycles. The first-order valence-electron chi connectivity index (χ1n) is 7.01. The van der Waals surface area contributed by atoms with Crippen LogP contribution in [0.5, 0.6) is 5.75 Å². The summed E-state index contributed by atoms with van der Waals surface area (Å²) in [6, 6.07) is 10.5. The number of halogens is 1. The standard InChI is InChI=1S/C16H17FN2O4/c1-11-3-2-4-14(7-11)23-10-13(20)9-18-15-8-12(17)5-6-16(15)19(21)22/h2-8,13,18,20H,9-10H2,1H3. The number of hydrogen-bond donors (Lipinski definition) is 2. The van der Waals surface area contributed by atoms with Gasteiger partial charge in [0.2, 0.25) is 0 Å². The van der Waals surface area contributed by atoms with Crippen molar-refractivity contribution >= 4 is 11.4 Å². The molecule has 0 amide bonds. The fourth-order valence-corrected chi connectivity index (χ4v) is 1.99. The van der Waals surface area contributed by atoms with Crippen molar-refractivity contribution in [3.63, 3.8) is 0 Å². The zero-order valence-corrected chi connectivity index (χ0v) is 12.5. The summed E-state index contributed by atoms with van der Waals surface area (Å²) in [7, 11) is 0. The van der Waals surface area contributed by atoms with Gasteiger partial charge in [-0.3, -0.25) is 10.1 Å². The summed E-state index contributed by atoms with van der Waals surface area (Å²) in [5.41, 5.74) is 0.799. The van der Waals surface area contributed by atoms with Gasteiger partial charge in [0.25, 0.3) is 5.69 Å². The van der Waals surface area contributed by atoms with Crippen LogP contribution in [0.15, 0.2) is 42.5 Å². The van der Waals surface area contributed by atoms with Gasteiger partial charge in [-0.15, -0.1) is 0 Å². The Hall–Kier alpha value is -2.67. The van der Waals surface area contributed by atoms with Crippen LogP contribution in [0.1, 0.15) is 5.56 Å². The van der Waals surface area contributed by atoms with E-state index in [1.165, 1.54) is 0 Å². The second-order valence-electron chi connectivity index (χ2n) is 5.08. The number of nitro benzene ring substituents is 1. The van der Waals surface area contributed by atoms with Gasteiger partial charge in [-0.2, -0.15) is 0 Å². The number of benzene rings is 2. The minimum absolute atomic E-state index is 0.00386. The molecule has 2 aromatic rings. The zero-order chi connectivity index (χ0) is 16.8. The van der Waals surface area contributed by atoms with Crippen LogP contribution in [0.25, 0.3) is 0 Å². The summed E-state index contributed by atoms with van der Waals surface area (Å²) in [5.74, 6) is 0.0318. The third-order valence-electron chi connectivity index (χ3n) is 3.12. The predicted molar refractivity (Wildman–Crippen MR) is 84.2 cm³/mol. The van der Waals surface area contributed by atoms with E-state index >= 15 is 0 Å². The first-order valence-corrected chi connectivity index (χ1v) is 7.01. The second kappa shape index (κ2) is 7.55. The highest BCUT2D eigenvalue weighted by atomic mass is 19.1. The van der Waals surface area contributed by atoms with Gasteiger partial charge >= 0.3 is 0 Å². The highest BCUT2D eigenvalue weighted by Crippen LogP contribution is 2.24. The highest BCUT2D eigenvalue weighted by Gasteiger charge is 2.15. The van der Waals surface area contributed by atoms with Crippen molar-refractivity contribution in [2.45, 2.75) is 13.0 Å². The second-order valence-corrected chi connectivity index (χ2v) is 5.08. The monoisotopic (exact) mass is 320 g/mol. The van der Waals surface area contributed by atoms with Crippen LogP contribution in [0.3, 0.4) is 0 Å². The quantitative estimate of drug-likeness (QED) is 0.605. The van der Waals surface area contributed by atoms with Gasteiger partial charge in [0.05, 0.1) is 4.92 Å².